The van der Waals surface area contributed by atoms with Crippen LogP contribution in [0.2, 0.25) is 0 Å². The molecule has 5 heteroatoms. The molecule has 2 nitrogen and oxygen atoms in total. The van der Waals surface area contributed by atoms with E-state index in [0.717, 1.165) is 26.1 Å². The van der Waals surface area contributed by atoms with Crippen LogP contribution in [0.5, 0.6) is 0 Å². The molecule has 1 saturated heterocycles. The van der Waals surface area contributed by atoms with Gasteiger partial charge in [0.15, 0.2) is 0 Å². The second kappa shape index (κ2) is 6.54. The Morgan fingerprint density at radius 1 is 1.50 bits per heavy atom. The smallest absolute Gasteiger partial charge is 0.0312 e. The zero-order valence-corrected chi connectivity index (χ0v) is 13.4. The van der Waals surface area contributed by atoms with E-state index in [-0.39, 0.29) is 12.4 Å². The van der Waals surface area contributed by atoms with Gasteiger partial charge in [0.05, 0.1) is 0 Å². The number of hydrogen-bond donors (Lipinski definition) is 1. The van der Waals surface area contributed by atoms with Crippen molar-refractivity contribution in [3.8, 4) is 0 Å². The number of hydrogen-bond acceptors (Lipinski definition) is 2. The molecule has 1 atom stereocenters. The second-order valence-electron chi connectivity index (χ2n) is 4.03. The van der Waals surface area contributed by atoms with E-state index in [1.807, 2.05) is 0 Å². The fourth-order valence-corrected chi connectivity index (χ4v) is 2.66. The van der Waals surface area contributed by atoms with E-state index < -0.39 is 0 Å². The molecule has 1 aliphatic rings. The highest BCUT2D eigenvalue weighted by atomic mass is 127. The van der Waals surface area contributed by atoms with E-state index in [4.69, 9.17) is 5.73 Å². The first-order chi connectivity index (χ1) is 7.15. The van der Waals surface area contributed by atoms with Crippen LogP contribution in [-0.4, -0.2) is 24.0 Å². The Morgan fingerprint density at radius 3 is 2.81 bits per heavy atom. The van der Waals surface area contributed by atoms with E-state index in [1.54, 1.807) is 0 Å². The van der Waals surface area contributed by atoms with E-state index in [2.05, 4.69) is 61.6 Å². The summed E-state index contributed by atoms with van der Waals surface area (Å²) in [6, 6.07) is 6.91. The quantitative estimate of drug-likeness (QED) is 0.750. The van der Waals surface area contributed by atoms with Gasteiger partial charge in [0.1, 0.15) is 0 Å². The fraction of sp³-hybridized carbons (Fsp3) is 0.455. The molecule has 0 spiro atoms. The topological polar surface area (TPSA) is 29.3 Å². The van der Waals surface area contributed by atoms with Crippen LogP contribution >= 0.6 is 50.9 Å². The minimum atomic E-state index is 0. The summed E-state index contributed by atoms with van der Waals surface area (Å²) < 4.78 is 2.44. The number of rotatable bonds is 2. The molecule has 0 unspecified atom stereocenters. The number of nitrogens with zero attached hydrogens (tertiary/aromatic N) is 1. The van der Waals surface area contributed by atoms with Crippen molar-refractivity contribution in [2.24, 2.45) is 5.73 Å². The number of likely N-dealkylation sites (tertiary alicyclic amines) is 1. The van der Waals surface area contributed by atoms with Crippen molar-refractivity contribution in [1.82, 2.24) is 4.90 Å². The van der Waals surface area contributed by atoms with Crippen molar-refractivity contribution in [2.75, 3.05) is 13.1 Å². The van der Waals surface area contributed by atoms with Gasteiger partial charge in [-0.3, -0.25) is 4.90 Å². The molecule has 0 aliphatic carbocycles. The van der Waals surface area contributed by atoms with Crippen LogP contribution < -0.4 is 5.73 Å². The molecule has 0 aromatic heterocycles. The first-order valence-corrected chi connectivity index (χ1v) is 6.94. The molecule has 16 heavy (non-hydrogen) atoms. The molecule has 1 heterocycles. The van der Waals surface area contributed by atoms with Gasteiger partial charge in [-0.2, -0.15) is 0 Å². The van der Waals surface area contributed by atoms with Gasteiger partial charge in [-0.25, -0.2) is 0 Å². The van der Waals surface area contributed by atoms with Crippen LogP contribution in [0.25, 0.3) is 0 Å². The highest BCUT2D eigenvalue weighted by Gasteiger charge is 2.18. The summed E-state index contributed by atoms with van der Waals surface area (Å²) in [5, 5.41) is 0. The predicted molar refractivity (Wildman–Crippen MR) is 82.0 cm³/mol. The molecular weight excluding hydrogens is 402 g/mol. The number of benzene rings is 1. The minimum Gasteiger partial charge on any atom is -0.326 e. The fourth-order valence-electron chi connectivity index (χ4n) is 1.90. The third kappa shape index (κ3) is 3.84. The van der Waals surface area contributed by atoms with Crippen molar-refractivity contribution in [3.05, 3.63) is 31.8 Å². The molecule has 2 N–H and O–H groups in total. The van der Waals surface area contributed by atoms with Gasteiger partial charge in [0, 0.05) is 33.7 Å². The summed E-state index contributed by atoms with van der Waals surface area (Å²) in [5.41, 5.74) is 7.24. The monoisotopic (exact) mass is 416 g/mol. The Bertz CT molecular complexity index is 362. The summed E-state index contributed by atoms with van der Waals surface area (Å²) >= 11 is 5.88. The molecule has 0 saturated carbocycles. The van der Waals surface area contributed by atoms with Crippen molar-refractivity contribution in [3.63, 3.8) is 0 Å². The first-order valence-electron chi connectivity index (χ1n) is 5.07. The van der Waals surface area contributed by atoms with Gasteiger partial charge in [0.25, 0.3) is 0 Å². The molecular formula is C11H15BrClIN2. The minimum absolute atomic E-state index is 0. The zero-order chi connectivity index (χ0) is 10.8. The van der Waals surface area contributed by atoms with Gasteiger partial charge in [-0.15, -0.1) is 12.4 Å². The molecule has 1 aromatic carbocycles. The summed E-state index contributed by atoms with van der Waals surface area (Å²) in [6.45, 7) is 3.18. The van der Waals surface area contributed by atoms with E-state index in [1.165, 1.54) is 13.6 Å². The maximum absolute atomic E-state index is 5.88. The average molecular weight is 418 g/mol. The van der Waals surface area contributed by atoms with Gasteiger partial charge >= 0.3 is 0 Å². The van der Waals surface area contributed by atoms with Crippen molar-refractivity contribution < 1.29 is 0 Å². The Balaban J connectivity index is 0.00000128. The third-order valence-electron chi connectivity index (χ3n) is 2.70. The molecule has 1 fully saturated rings. The predicted octanol–water partition coefficient (Wildman–Crippen LogP) is 3.01. The van der Waals surface area contributed by atoms with Gasteiger partial charge in [-0.05, 0) is 62.6 Å². The van der Waals surface area contributed by atoms with Crippen LogP contribution in [-0.2, 0) is 6.54 Å². The zero-order valence-electron chi connectivity index (χ0n) is 8.83. The van der Waals surface area contributed by atoms with Crippen LogP contribution in [0.15, 0.2) is 22.7 Å². The molecule has 1 aliphatic heterocycles. The number of nitrogens with two attached hydrogens (primary N) is 1. The standard InChI is InChI=1S/C11H14BrIN2.ClH/c12-10-5-8(1-2-11(10)13)6-15-4-3-9(14)7-15;/h1-2,5,9H,3-4,6-7,14H2;1H/t9-;/m0./s1. The maximum Gasteiger partial charge on any atom is 0.0312 e. The Labute approximate surface area is 125 Å². The van der Waals surface area contributed by atoms with Crippen LogP contribution in [0.4, 0.5) is 0 Å². The van der Waals surface area contributed by atoms with Crippen LogP contribution in [0.1, 0.15) is 12.0 Å². The maximum atomic E-state index is 5.88. The summed E-state index contributed by atoms with van der Waals surface area (Å²) in [7, 11) is 0. The molecule has 0 bridgehead atoms. The molecule has 90 valence electrons. The van der Waals surface area contributed by atoms with Crippen molar-refractivity contribution in [1.29, 1.82) is 0 Å². The molecule has 0 radical (unpaired) electrons. The molecule has 0 amide bonds. The lowest BCUT2D eigenvalue weighted by atomic mass is 10.2. The lowest BCUT2D eigenvalue weighted by Gasteiger charge is -2.15. The van der Waals surface area contributed by atoms with Crippen molar-refractivity contribution >= 4 is 50.9 Å². The van der Waals surface area contributed by atoms with Gasteiger partial charge < -0.3 is 5.73 Å². The summed E-state index contributed by atoms with van der Waals surface area (Å²) in [6.07, 6.45) is 1.13. The summed E-state index contributed by atoms with van der Waals surface area (Å²) in [5.74, 6) is 0. The van der Waals surface area contributed by atoms with Gasteiger partial charge in [0.2, 0.25) is 0 Å². The molecule has 1 aromatic rings. The lowest BCUT2D eigenvalue weighted by Crippen LogP contribution is -2.26. The van der Waals surface area contributed by atoms with Crippen LogP contribution in [0, 0.1) is 3.57 Å². The third-order valence-corrected chi connectivity index (χ3v) is 5.04. The van der Waals surface area contributed by atoms with Gasteiger partial charge in [-0.1, -0.05) is 6.07 Å². The van der Waals surface area contributed by atoms with E-state index in [0.29, 0.717) is 6.04 Å². The van der Waals surface area contributed by atoms with Crippen molar-refractivity contribution in [2.45, 2.75) is 19.0 Å². The van der Waals surface area contributed by atoms with Crippen LogP contribution in [0.3, 0.4) is 0 Å². The Morgan fingerprint density at radius 2 is 2.25 bits per heavy atom. The highest BCUT2D eigenvalue weighted by molar-refractivity contribution is 14.1. The van der Waals surface area contributed by atoms with E-state index >= 15 is 0 Å². The average Bonchev–Trinajstić information content (AvgIpc) is 2.58. The first kappa shape index (κ1) is 14.7. The largest absolute Gasteiger partial charge is 0.326 e. The number of halogens is 3. The lowest BCUT2D eigenvalue weighted by molar-refractivity contribution is 0.327. The normalized spacial score (nSPS) is 20.8. The summed E-state index contributed by atoms with van der Waals surface area (Å²) in [4.78, 5) is 2.42. The highest BCUT2D eigenvalue weighted by Crippen LogP contribution is 2.21. The van der Waals surface area contributed by atoms with E-state index in [9.17, 15) is 0 Å². The molecule has 2 rings (SSSR count). The Kier molecular flexibility index (Phi) is 6.01. The SMILES string of the molecule is Cl.N[C@H]1CCN(Cc2ccc(I)c(Br)c2)C1. The second-order valence-corrected chi connectivity index (χ2v) is 6.05. The Hall–Kier alpha value is 0.640.